The van der Waals surface area contributed by atoms with Crippen LogP contribution in [0.15, 0.2) is 65.6 Å². The van der Waals surface area contributed by atoms with Crippen molar-refractivity contribution in [3.63, 3.8) is 0 Å². The molecular formula is C18H21NO3S2. The molecule has 24 heavy (non-hydrogen) atoms. The normalized spacial score (nSPS) is 25.0. The first-order valence-corrected chi connectivity index (χ1v) is 10.5. The molecule has 1 saturated heterocycles. The Morgan fingerprint density at radius 2 is 1.42 bits per heavy atom. The Hall–Kier alpha value is -1.50. The fourth-order valence-corrected chi connectivity index (χ4v) is 7.88. The monoisotopic (exact) mass is 363 g/mol. The topological polar surface area (TPSA) is 54.5 Å². The van der Waals surface area contributed by atoms with Crippen molar-refractivity contribution in [3.05, 3.63) is 66.2 Å². The number of hydrogen-bond donors (Lipinski definition) is 0. The molecule has 0 amide bonds. The Balaban J connectivity index is 2.08. The second-order valence-electron chi connectivity index (χ2n) is 6.85. The predicted molar refractivity (Wildman–Crippen MR) is 96.3 cm³/mol. The highest BCUT2D eigenvalue weighted by atomic mass is 32.3. The number of sulfonamides is 1. The van der Waals surface area contributed by atoms with Crippen LogP contribution in [-0.2, 0) is 20.8 Å². The summed E-state index contributed by atoms with van der Waals surface area (Å²) in [6, 6.07) is 17.8. The van der Waals surface area contributed by atoms with E-state index in [9.17, 15) is 12.6 Å². The molecule has 0 spiro atoms. The van der Waals surface area contributed by atoms with Crippen LogP contribution in [0.5, 0.6) is 0 Å². The maximum Gasteiger partial charge on any atom is 0.232 e. The van der Waals surface area contributed by atoms with Crippen molar-refractivity contribution in [2.24, 2.45) is 0 Å². The van der Waals surface area contributed by atoms with Gasteiger partial charge in [-0.3, -0.25) is 4.21 Å². The molecule has 1 heterocycles. The molecule has 0 aromatic heterocycles. The molecular weight excluding hydrogens is 342 g/mol. The van der Waals surface area contributed by atoms with Crippen LogP contribution >= 0.6 is 0 Å². The third kappa shape index (κ3) is 2.83. The lowest BCUT2D eigenvalue weighted by Crippen LogP contribution is -2.65. The van der Waals surface area contributed by atoms with Gasteiger partial charge in [0.05, 0.1) is 16.8 Å². The van der Waals surface area contributed by atoms with Crippen molar-refractivity contribution < 1.29 is 12.6 Å². The van der Waals surface area contributed by atoms with Gasteiger partial charge in [0.25, 0.3) is 0 Å². The van der Waals surface area contributed by atoms with Crippen LogP contribution in [0.2, 0.25) is 0 Å². The van der Waals surface area contributed by atoms with Gasteiger partial charge in [0.2, 0.25) is 10.0 Å². The van der Waals surface area contributed by atoms with E-state index in [2.05, 4.69) is 0 Å². The Morgan fingerprint density at radius 1 is 0.917 bits per heavy atom. The van der Waals surface area contributed by atoms with E-state index in [4.69, 9.17) is 0 Å². The van der Waals surface area contributed by atoms with Gasteiger partial charge in [-0.05, 0) is 38.5 Å². The number of hydrogen-bond acceptors (Lipinski definition) is 3. The fourth-order valence-electron chi connectivity index (χ4n) is 3.14. The van der Waals surface area contributed by atoms with Gasteiger partial charge < -0.3 is 0 Å². The lowest BCUT2D eigenvalue weighted by atomic mass is 10.0. The summed E-state index contributed by atoms with van der Waals surface area (Å²) in [6.45, 7) is 5.59. The van der Waals surface area contributed by atoms with Crippen molar-refractivity contribution in [2.75, 3.05) is 0 Å². The first-order valence-electron chi connectivity index (χ1n) is 7.78. The highest BCUT2D eigenvalue weighted by Gasteiger charge is 2.61. The summed E-state index contributed by atoms with van der Waals surface area (Å²) in [5.74, 6) is 0. The van der Waals surface area contributed by atoms with E-state index in [1.54, 1.807) is 24.3 Å². The minimum Gasteiger partial charge on any atom is -0.253 e. The molecule has 0 N–H and O–H groups in total. The van der Waals surface area contributed by atoms with Gasteiger partial charge in [-0.25, -0.2) is 8.42 Å². The third-order valence-corrected chi connectivity index (χ3v) is 8.91. The average Bonchev–Trinajstić information content (AvgIpc) is 2.53. The van der Waals surface area contributed by atoms with Crippen LogP contribution in [0.4, 0.5) is 0 Å². The maximum absolute atomic E-state index is 13.0. The summed E-state index contributed by atoms with van der Waals surface area (Å²) in [5.41, 5.74) is 0.299. The second kappa shape index (κ2) is 6.10. The predicted octanol–water partition coefficient (Wildman–Crippen LogP) is 3.31. The summed E-state index contributed by atoms with van der Waals surface area (Å²) < 4.78 is 39.4. The molecule has 1 aliphatic heterocycles. The van der Waals surface area contributed by atoms with Gasteiger partial charge in [-0.2, -0.15) is 4.31 Å². The summed E-state index contributed by atoms with van der Waals surface area (Å²) in [6.07, 6.45) is 0. The standard InChI is InChI=1S/C18H21NO3S2/c1-18(2,3)19-16(14-10-6-4-7-11-14)17(24(19,21)22)23(20)15-12-8-5-9-13-15/h4-13,16-17H,1-3H3/t16-,17+,23-/m1/s1. The SMILES string of the molecule is CC(C)(C)N1[C@H](c2ccccc2)[C@@H]([S@](=O)c2ccccc2)S1(=O)=O. The largest absolute Gasteiger partial charge is 0.253 e. The van der Waals surface area contributed by atoms with Gasteiger partial charge in [0, 0.05) is 10.4 Å². The summed E-state index contributed by atoms with van der Waals surface area (Å²) in [5, 5.41) is 0. The van der Waals surface area contributed by atoms with Crippen LogP contribution in [0.25, 0.3) is 0 Å². The first kappa shape index (κ1) is 17.3. The van der Waals surface area contributed by atoms with E-state index in [0.29, 0.717) is 4.90 Å². The van der Waals surface area contributed by atoms with Crippen LogP contribution < -0.4 is 0 Å². The lowest BCUT2D eigenvalue weighted by molar-refractivity contribution is 0.159. The summed E-state index contributed by atoms with van der Waals surface area (Å²) in [7, 11) is -5.26. The van der Waals surface area contributed by atoms with Crippen LogP contribution in [-0.4, -0.2) is 27.1 Å². The van der Waals surface area contributed by atoms with Crippen LogP contribution in [0, 0.1) is 0 Å². The molecule has 0 radical (unpaired) electrons. The van der Waals surface area contributed by atoms with E-state index in [1.807, 2.05) is 57.2 Å². The van der Waals surface area contributed by atoms with Gasteiger partial charge in [0.1, 0.15) is 0 Å². The van der Waals surface area contributed by atoms with Crippen molar-refractivity contribution in [3.8, 4) is 0 Å². The third-order valence-electron chi connectivity index (χ3n) is 4.07. The van der Waals surface area contributed by atoms with E-state index in [-0.39, 0.29) is 0 Å². The zero-order valence-electron chi connectivity index (χ0n) is 13.9. The molecule has 128 valence electrons. The van der Waals surface area contributed by atoms with E-state index >= 15 is 0 Å². The Morgan fingerprint density at radius 3 is 1.92 bits per heavy atom. The summed E-state index contributed by atoms with van der Waals surface area (Å²) >= 11 is 0. The van der Waals surface area contributed by atoms with E-state index in [1.165, 1.54) is 4.31 Å². The molecule has 3 atom stereocenters. The maximum atomic E-state index is 13.0. The molecule has 1 aliphatic rings. The lowest BCUT2D eigenvalue weighted by Gasteiger charge is -2.52. The Kier molecular flexibility index (Phi) is 4.40. The van der Waals surface area contributed by atoms with Crippen molar-refractivity contribution in [1.29, 1.82) is 0 Å². The van der Waals surface area contributed by atoms with E-state index in [0.717, 1.165) is 5.56 Å². The van der Waals surface area contributed by atoms with Crippen LogP contribution in [0.3, 0.4) is 0 Å². The van der Waals surface area contributed by atoms with Crippen molar-refractivity contribution in [2.45, 2.75) is 41.8 Å². The zero-order chi connectivity index (χ0) is 17.5. The number of benzene rings is 2. The van der Waals surface area contributed by atoms with Crippen molar-refractivity contribution in [1.82, 2.24) is 4.31 Å². The first-order chi connectivity index (χ1) is 11.2. The molecule has 0 unspecified atom stereocenters. The Labute approximate surface area is 146 Å². The van der Waals surface area contributed by atoms with Crippen molar-refractivity contribution >= 4 is 20.8 Å². The minimum atomic E-state index is -3.63. The molecule has 0 bridgehead atoms. The van der Waals surface area contributed by atoms with E-state index < -0.39 is 37.0 Å². The van der Waals surface area contributed by atoms with Gasteiger partial charge in [-0.1, -0.05) is 48.5 Å². The number of rotatable bonds is 3. The van der Waals surface area contributed by atoms with Gasteiger partial charge >= 0.3 is 0 Å². The molecule has 3 rings (SSSR count). The molecule has 2 aromatic rings. The quantitative estimate of drug-likeness (QED) is 0.841. The Bertz CT molecular complexity index is 843. The highest BCUT2D eigenvalue weighted by Crippen LogP contribution is 2.49. The average molecular weight is 364 g/mol. The minimum absolute atomic E-state index is 0.419. The summed E-state index contributed by atoms with van der Waals surface area (Å²) in [4.78, 5) is 0.542. The molecule has 6 heteroatoms. The number of nitrogens with zero attached hydrogens (tertiary/aromatic N) is 1. The molecule has 0 aliphatic carbocycles. The smallest absolute Gasteiger partial charge is 0.232 e. The molecule has 1 fully saturated rings. The second-order valence-corrected chi connectivity index (χ2v) is 10.6. The molecule has 2 aromatic carbocycles. The highest BCUT2D eigenvalue weighted by molar-refractivity contribution is 8.06. The zero-order valence-corrected chi connectivity index (χ0v) is 15.5. The van der Waals surface area contributed by atoms with Gasteiger partial charge in [-0.15, -0.1) is 0 Å². The molecule has 4 nitrogen and oxygen atoms in total. The van der Waals surface area contributed by atoms with Gasteiger partial charge in [0.15, 0.2) is 4.58 Å². The molecule has 0 saturated carbocycles. The fraction of sp³-hybridized carbons (Fsp3) is 0.333. The van der Waals surface area contributed by atoms with Crippen LogP contribution in [0.1, 0.15) is 32.4 Å².